The molecule has 0 radical (unpaired) electrons. The summed E-state index contributed by atoms with van der Waals surface area (Å²) in [5.41, 5.74) is 4.98. The number of allylic oxidation sites excluding steroid dienone is 1. The average Bonchev–Trinajstić information content (AvgIpc) is 3.14. The summed E-state index contributed by atoms with van der Waals surface area (Å²) in [5, 5.41) is 7.14. The van der Waals surface area contributed by atoms with Crippen LogP contribution in [0.4, 0.5) is 11.4 Å². The van der Waals surface area contributed by atoms with Gasteiger partial charge in [0.05, 0.1) is 45.4 Å². The van der Waals surface area contributed by atoms with Gasteiger partial charge in [-0.25, -0.2) is 0 Å². The van der Waals surface area contributed by atoms with Gasteiger partial charge in [-0.2, -0.15) is 0 Å². The minimum absolute atomic E-state index is 0.0184. The molecule has 5 rings (SSSR count). The number of methoxy groups -OCH3 is 3. The van der Waals surface area contributed by atoms with Crippen molar-refractivity contribution in [3.8, 4) is 28.7 Å². The van der Waals surface area contributed by atoms with Crippen molar-refractivity contribution < 1.29 is 33.3 Å². The van der Waals surface area contributed by atoms with Gasteiger partial charge >= 0.3 is 5.97 Å². The smallest absolute Gasteiger partial charge is 0.308 e. The Hall–Kier alpha value is -4.66. The summed E-state index contributed by atoms with van der Waals surface area (Å²) in [6.45, 7) is 3.60. The van der Waals surface area contributed by atoms with Crippen LogP contribution < -0.4 is 34.3 Å². The Labute approximate surface area is 239 Å². The summed E-state index contributed by atoms with van der Waals surface area (Å²) in [7, 11) is 4.73. The third-order valence-electron chi connectivity index (χ3n) is 7.32. The molecule has 0 saturated carbocycles. The first-order chi connectivity index (χ1) is 19.9. The molecule has 9 heteroatoms. The van der Waals surface area contributed by atoms with Crippen molar-refractivity contribution >= 4 is 23.1 Å². The lowest BCUT2D eigenvalue weighted by molar-refractivity contribution is -0.132. The van der Waals surface area contributed by atoms with Crippen LogP contribution in [0.1, 0.15) is 49.8 Å². The van der Waals surface area contributed by atoms with E-state index in [1.165, 1.54) is 6.92 Å². The molecule has 9 nitrogen and oxygen atoms in total. The predicted molar refractivity (Wildman–Crippen MR) is 155 cm³/mol. The quantitative estimate of drug-likeness (QED) is 0.254. The van der Waals surface area contributed by atoms with Gasteiger partial charge in [0.2, 0.25) is 5.75 Å². The van der Waals surface area contributed by atoms with E-state index in [1.54, 1.807) is 27.4 Å². The number of carbonyl (C=O) groups excluding carboxylic acids is 2. The normalized spacial score (nSPS) is 17.7. The molecule has 1 aliphatic carbocycles. The average molecular weight is 559 g/mol. The lowest BCUT2D eigenvalue weighted by atomic mass is 9.78. The van der Waals surface area contributed by atoms with Crippen LogP contribution in [-0.4, -0.2) is 39.7 Å². The van der Waals surface area contributed by atoms with Crippen LogP contribution in [0.25, 0.3) is 0 Å². The predicted octanol–water partition coefficient (Wildman–Crippen LogP) is 6.02. The molecule has 1 heterocycles. The Balaban J connectivity index is 1.60. The fourth-order valence-electron chi connectivity index (χ4n) is 5.53. The number of benzene rings is 3. The number of hydrogen-bond donors (Lipinski definition) is 2. The van der Waals surface area contributed by atoms with Crippen LogP contribution in [0.5, 0.6) is 28.7 Å². The first-order valence-electron chi connectivity index (χ1n) is 13.5. The fraction of sp³-hybridized carbons (Fsp3) is 0.312. The number of para-hydroxylation sites is 2. The highest BCUT2D eigenvalue weighted by molar-refractivity contribution is 6.01. The molecular formula is C32H34N2O7. The van der Waals surface area contributed by atoms with E-state index in [0.717, 1.165) is 28.2 Å². The Morgan fingerprint density at radius 2 is 1.54 bits per heavy atom. The van der Waals surface area contributed by atoms with E-state index in [9.17, 15) is 9.59 Å². The van der Waals surface area contributed by atoms with Crippen molar-refractivity contribution in [1.29, 1.82) is 0 Å². The molecule has 0 bridgehead atoms. The maximum atomic E-state index is 14.0. The second-order valence-electron chi connectivity index (χ2n) is 9.86. The Morgan fingerprint density at radius 1 is 0.854 bits per heavy atom. The molecule has 0 amide bonds. The third kappa shape index (κ3) is 5.52. The number of esters is 1. The Kier molecular flexibility index (Phi) is 8.05. The van der Waals surface area contributed by atoms with Crippen molar-refractivity contribution in [2.45, 2.75) is 38.6 Å². The number of rotatable bonds is 8. The molecule has 41 heavy (non-hydrogen) atoms. The lowest BCUT2D eigenvalue weighted by Crippen LogP contribution is -2.27. The number of ether oxygens (including phenoxy) is 5. The molecule has 0 unspecified atom stereocenters. The van der Waals surface area contributed by atoms with Gasteiger partial charge in [-0.1, -0.05) is 18.2 Å². The molecule has 3 aromatic carbocycles. The number of anilines is 2. The minimum Gasteiger partial charge on any atom is -0.493 e. The van der Waals surface area contributed by atoms with Gasteiger partial charge in [-0.15, -0.1) is 0 Å². The van der Waals surface area contributed by atoms with Gasteiger partial charge in [-0.3, -0.25) is 9.59 Å². The van der Waals surface area contributed by atoms with Crippen molar-refractivity contribution in [2.24, 2.45) is 0 Å². The van der Waals surface area contributed by atoms with Crippen LogP contribution in [0, 0.1) is 0 Å². The van der Waals surface area contributed by atoms with Crippen molar-refractivity contribution in [3.05, 3.63) is 77.0 Å². The van der Waals surface area contributed by atoms with E-state index < -0.39 is 12.0 Å². The molecule has 214 valence electrons. The number of carbonyl (C=O) groups is 2. The lowest BCUT2D eigenvalue weighted by Gasteiger charge is -2.30. The van der Waals surface area contributed by atoms with Gasteiger partial charge < -0.3 is 34.3 Å². The van der Waals surface area contributed by atoms with Crippen molar-refractivity contribution in [3.63, 3.8) is 0 Å². The first kappa shape index (κ1) is 27.9. The van der Waals surface area contributed by atoms with E-state index >= 15 is 0 Å². The second-order valence-corrected chi connectivity index (χ2v) is 9.86. The van der Waals surface area contributed by atoms with E-state index in [-0.39, 0.29) is 11.7 Å². The molecular weight excluding hydrogens is 524 g/mol. The standard InChI is InChI=1S/C32H34N2O7/c1-6-40-27-15-19(11-12-26(27)41-18(2)35)31-30-24(33-22-9-7-8-10-23(22)34-31)13-20(14-25(30)36)21-16-28(37-3)32(39-5)29(17-21)38-4/h7-12,15-17,20,31,33-34H,6,13-14H2,1-5H3/t20-,31-/m1/s1. The van der Waals surface area contributed by atoms with E-state index in [4.69, 9.17) is 23.7 Å². The zero-order chi connectivity index (χ0) is 29.1. The van der Waals surface area contributed by atoms with Gasteiger partial charge in [0.25, 0.3) is 0 Å². The maximum Gasteiger partial charge on any atom is 0.308 e. The minimum atomic E-state index is -0.458. The molecule has 2 N–H and O–H groups in total. The summed E-state index contributed by atoms with van der Waals surface area (Å²) in [4.78, 5) is 25.7. The third-order valence-corrected chi connectivity index (χ3v) is 7.32. The SMILES string of the molecule is CCOc1cc([C@H]2Nc3ccccc3NC3=C2C(=O)C[C@H](c2cc(OC)c(OC)c(OC)c2)C3)ccc1OC(C)=O. The first-order valence-corrected chi connectivity index (χ1v) is 13.5. The van der Waals surface area contributed by atoms with Gasteiger partial charge in [0.15, 0.2) is 28.8 Å². The number of nitrogens with one attached hydrogen (secondary N) is 2. The molecule has 2 aliphatic rings. The highest BCUT2D eigenvalue weighted by Gasteiger charge is 2.37. The largest absolute Gasteiger partial charge is 0.493 e. The van der Waals surface area contributed by atoms with Crippen LogP contribution in [0.3, 0.4) is 0 Å². The zero-order valence-electron chi connectivity index (χ0n) is 23.8. The molecule has 0 saturated heterocycles. The van der Waals surface area contributed by atoms with Crippen molar-refractivity contribution in [2.75, 3.05) is 38.6 Å². The van der Waals surface area contributed by atoms with E-state index in [0.29, 0.717) is 53.8 Å². The van der Waals surface area contributed by atoms with Crippen LogP contribution >= 0.6 is 0 Å². The number of hydrogen-bond acceptors (Lipinski definition) is 9. The number of Topliss-reactive ketones (excluding diaryl/α,β-unsaturated/α-hetero) is 1. The summed E-state index contributed by atoms with van der Waals surface area (Å²) in [6.07, 6.45) is 0.896. The number of ketones is 1. The van der Waals surface area contributed by atoms with Gasteiger partial charge in [0.1, 0.15) is 0 Å². The summed E-state index contributed by atoms with van der Waals surface area (Å²) < 4.78 is 27.8. The summed E-state index contributed by atoms with van der Waals surface area (Å²) >= 11 is 0. The highest BCUT2D eigenvalue weighted by atomic mass is 16.6. The molecule has 2 atom stereocenters. The Bertz CT molecular complexity index is 1490. The molecule has 3 aromatic rings. The summed E-state index contributed by atoms with van der Waals surface area (Å²) in [5.74, 6) is 1.84. The topological polar surface area (TPSA) is 104 Å². The van der Waals surface area contributed by atoms with Crippen LogP contribution in [-0.2, 0) is 9.59 Å². The highest BCUT2D eigenvalue weighted by Crippen LogP contribution is 2.47. The molecule has 0 fully saturated rings. The van der Waals surface area contributed by atoms with Crippen LogP contribution in [0.15, 0.2) is 65.9 Å². The van der Waals surface area contributed by atoms with Crippen LogP contribution in [0.2, 0.25) is 0 Å². The zero-order valence-corrected chi connectivity index (χ0v) is 23.8. The molecule has 1 aliphatic heterocycles. The van der Waals surface area contributed by atoms with E-state index in [2.05, 4.69) is 10.6 Å². The fourth-order valence-corrected chi connectivity index (χ4v) is 5.53. The molecule has 0 spiro atoms. The van der Waals surface area contributed by atoms with E-state index in [1.807, 2.05) is 55.5 Å². The van der Waals surface area contributed by atoms with Gasteiger partial charge in [-0.05, 0) is 66.8 Å². The summed E-state index contributed by atoms with van der Waals surface area (Å²) in [6, 6.07) is 16.6. The second kappa shape index (κ2) is 11.8. The van der Waals surface area contributed by atoms with Gasteiger partial charge in [0, 0.05) is 24.6 Å². The van der Waals surface area contributed by atoms with Crippen molar-refractivity contribution in [1.82, 2.24) is 0 Å². The number of fused-ring (bicyclic) bond motifs is 1. The Morgan fingerprint density at radius 3 is 2.17 bits per heavy atom. The molecule has 0 aromatic heterocycles. The maximum absolute atomic E-state index is 14.0. The monoisotopic (exact) mass is 558 g/mol.